The molecule has 1 fully saturated rings. The van der Waals surface area contributed by atoms with Gasteiger partial charge in [-0.05, 0) is 163 Å². The van der Waals surface area contributed by atoms with Crippen LogP contribution in [0, 0.1) is 59.4 Å². The van der Waals surface area contributed by atoms with E-state index in [4.69, 9.17) is 49.8 Å². The van der Waals surface area contributed by atoms with Crippen LogP contribution in [0.3, 0.4) is 0 Å². The van der Waals surface area contributed by atoms with Crippen LogP contribution in [0.1, 0.15) is 53.7 Å². The second kappa shape index (κ2) is 36.7. The molecule has 0 unspecified atom stereocenters. The van der Waals surface area contributed by atoms with Gasteiger partial charge in [0, 0.05) is 77.2 Å². The highest BCUT2D eigenvalue weighted by Gasteiger charge is 2.52. The van der Waals surface area contributed by atoms with E-state index in [1.54, 1.807) is 67.4 Å². The van der Waals surface area contributed by atoms with Crippen molar-refractivity contribution in [1.29, 1.82) is 0 Å². The smallest absolute Gasteiger partial charge is 0.399 e. The molecule has 98 heavy (non-hydrogen) atoms. The Labute approximate surface area is 581 Å². The number of hydrogen-bond donors (Lipinski definition) is 4. The van der Waals surface area contributed by atoms with E-state index >= 15 is 0 Å². The average Bonchev–Trinajstić information content (AvgIpc) is 1.62. The van der Waals surface area contributed by atoms with Crippen molar-refractivity contribution in [3.8, 4) is 22.3 Å². The maximum Gasteiger partial charge on any atom is 0.496 e. The largest absolute Gasteiger partial charge is 0.496 e. The Morgan fingerprint density at radius 3 is 1.40 bits per heavy atom. The van der Waals surface area contributed by atoms with E-state index in [9.17, 15) is 52.3 Å². The molecular weight excluding hydrogens is 1410 g/mol. The second-order valence-corrected chi connectivity index (χ2v) is 22.7. The molecule has 5 aromatic carbocycles. The van der Waals surface area contributed by atoms with E-state index < -0.39 is 55.1 Å². The zero-order valence-electron chi connectivity index (χ0n) is 50.6. The van der Waals surface area contributed by atoms with Crippen molar-refractivity contribution in [1.82, 2.24) is 40.3 Å². The summed E-state index contributed by atoms with van der Waals surface area (Å²) in [5.41, 5.74) is 10.8. The zero-order valence-corrected chi connectivity index (χ0v) is 54.4. The third-order valence-corrected chi connectivity index (χ3v) is 14.7. The SMILES string of the molecule is C.C.CC1(C)OB(C2=CCN=C2)OC1(C)C.Clc1ccnc(Cl)n1.Fc1cc(-c2cn[nH]c2)ccc1Nc1ccnc(Cl)n1.Nc1ccc(C2=CCN=C2)cc1F.O=[N+]([O-])c1ccc(-c2cn[nH]c2)cc1F.O=[N+]([O-])c1ccc(Br)cc1F.O=[N+]([O-])c1ccc(C2=CCN=C2)cc1F. The molecule has 4 aliphatic rings. The van der Waals surface area contributed by atoms with Gasteiger partial charge < -0.3 is 20.4 Å². The van der Waals surface area contributed by atoms with Crippen molar-refractivity contribution in [2.45, 2.75) is 53.8 Å². The van der Waals surface area contributed by atoms with E-state index in [-0.39, 0.29) is 55.2 Å². The monoisotopic (exact) mass is 1470 g/mol. The third-order valence-electron chi connectivity index (χ3n) is 13.7. The van der Waals surface area contributed by atoms with Crippen LogP contribution in [-0.4, -0.2) is 112 Å². The Kier molecular flexibility index (Phi) is 29.4. The number of nitrogen functional groups attached to an aromatic ring is 1. The number of nitro groups is 3. The highest BCUT2D eigenvalue weighted by molar-refractivity contribution is 9.10. The van der Waals surface area contributed by atoms with E-state index in [2.05, 4.69) is 104 Å². The Balaban J connectivity index is 0.000000208. The molecule has 0 spiro atoms. The number of aliphatic imine (C=N–C) groups is 3. The third kappa shape index (κ3) is 22.7. The molecule has 4 aromatic heterocycles. The summed E-state index contributed by atoms with van der Waals surface area (Å²) in [6.07, 6.45) is 20.5. The van der Waals surface area contributed by atoms with Gasteiger partial charge in [-0.3, -0.25) is 55.5 Å². The molecule has 9 aromatic rings. The van der Waals surface area contributed by atoms with Gasteiger partial charge in [-0.2, -0.15) is 23.4 Å². The van der Waals surface area contributed by atoms with Gasteiger partial charge in [0.25, 0.3) is 0 Å². The quantitative estimate of drug-likeness (QED) is 0.0188. The van der Waals surface area contributed by atoms with Gasteiger partial charge in [-0.1, -0.05) is 72.7 Å². The van der Waals surface area contributed by atoms with Crippen LogP contribution in [-0.2, 0) is 9.31 Å². The van der Waals surface area contributed by atoms with E-state index in [0.29, 0.717) is 50.9 Å². The molecule has 5 N–H and O–H groups in total. The van der Waals surface area contributed by atoms with Gasteiger partial charge in [0.15, 0.2) is 0 Å². The van der Waals surface area contributed by atoms with Gasteiger partial charge in [0.05, 0.1) is 69.4 Å². The van der Waals surface area contributed by atoms with Gasteiger partial charge in [-0.25, -0.2) is 28.7 Å². The van der Waals surface area contributed by atoms with Gasteiger partial charge in [0.2, 0.25) is 28.0 Å². The number of nitrogens with two attached hydrogens (primary N) is 1. The van der Waals surface area contributed by atoms with Crippen molar-refractivity contribution >= 4 is 122 Å². The lowest BCUT2D eigenvalue weighted by molar-refractivity contribution is -0.387. The summed E-state index contributed by atoms with van der Waals surface area (Å²) in [5.74, 6) is -2.83. The number of H-pyrrole nitrogens is 2. The fraction of sp³-hybridized carbons (Fsp3) is 0.172. The lowest BCUT2D eigenvalue weighted by Crippen LogP contribution is -2.41. The predicted molar refractivity (Wildman–Crippen MR) is 375 cm³/mol. The number of aromatic nitrogens is 8. The molecule has 8 heterocycles. The van der Waals surface area contributed by atoms with Crippen molar-refractivity contribution in [2.75, 3.05) is 30.7 Å². The fourth-order valence-electron chi connectivity index (χ4n) is 8.08. The molecule has 0 aliphatic carbocycles. The number of halogens is 9. The molecule has 0 radical (unpaired) electrons. The minimum atomic E-state index is -0.848. The summed E-state index contributed by atoms with van der Waals surface area (Å²) in [7, 11) is -0.244. The molecule has 0 saturated carbocycles. The van der Waals surface area contributed by atoms with E-state index in [0.717, 1.165) is 76.3 Å². The van der Waals surface area contributed by atoms with Crippen molar-refractivity contribution < 1.29 is 46.0 Å². The van der Waals surface area contributed by atoms with E-state index in [1.807, 2.05) is 24.4 Å². The Morgan fingerprint density at radius 1 is 0.551 bits per heavy atom. The summed E-state index contributed by atoms with van der Waals surface area (Å²) < 4.78 is 78.4. The molecule has 510 valence electrons. The van der Waals surface area contributed by atoms with Gasteiger partial charge in [-0.15, -0.1) is 0 Å². The number of aromatic amines is 2. The number of allylic oxidation sites excluding steroid dienone is 3. The lowest BCUT2D eigenvalue weighted by atomic mass is 9.79. The molecule has 24 nitrogen and oxygen atoms in total. The molecule has 4 aliphatic heterocycles. The Bertz CT molecular complexity index is 4410. The van der Waals surface area contributed by atoms with Crippen LogP contribution in [0.15, 0.2) is 183 Å². The van der Waals surface area contributed by atoms with Crippen LogP contribution < -0.4 is 11.1 Å². The number of hydrogen-bond acceptors (Lipinski definition) is 19. The number of rotatable bonds is 10. The first-order chi connectivity index (χ1) is 45.7. The lowest BCUT2D eigenvalue weighted by Gasteiger charge is -2.32. The van der Waals surface area contributed by atoms with Crippen LogP contribution >= 0.6 is 50.7 Å². The van der Waals surface area contributed by atoms with Crippen molar-refractivity contribution in [2.24, 2.45) is 15.0 Å². The van der Waals surface area contributed by atoms with E-state index in [1.165, 1.54) is 48.9 Å². The Hall–Kier alpha value is -10.3. The molecule has 0 bridgehead atoms. The molecule has 0 atom stereocenters. The number of nitro benzene ring substituents is 3. The minimum Gasteiger partial charge on any atom is -0.399 e. The number of anilines is 3. The van der Waals surface area contributed by atoms with Crippen LogP contribution in [0.2, 0.25) is 15.7 Å². The summed E-state index contributed by atoms with van der Waals surface area (Å²) in [4.78, 5) is 55.6. The second-order valence-electron chi connectivity index (χ2n) is 20.7. The fourth-order valence-corrected chi connectivity index (χ4v) is 8.88. The molecule has 1 saturated heterocycles. The van der Waals surface area contributed by atoms with Crippen molar-refractivity contribution in [3.05, 3.63) is 255 Å². The highest BCUT2D eigenvalue weighted by Crippen LogP contribution is 2.39. The molecule has 34 heteroatoms. The number of nitrogens with one attached hydrogen (secondary N) is 3. The first-order valence-corrected chi connectivity index (χ1v) is 29.8. The van der Waals surface area contributed by atoms with Crippen molar-refractivity contribution in [3.63, 3.8) is 0 Å². The van der Waals surface area contributed by atoms with Crippen LogP contribution in [0.5, 0.6) is 0 Å². The number of nitrogens with zero attached hydrogens (tertiary/aromatic N) is 12. The Morgan fingerprint density at radius 2 is 0.990 bits per heavy atom. The van der Waals surface area contributed by atoms with Crippen LogP contribution in [0.4, 0.5) is 56.2 Å². The topological polar surface area (TPSA) is 332 Å². The first-order valence-electron chi connectivity index (χ1n) is 27.8. The maximum atomic E-state index is 14.1. The van der Waals surface area contributed by atoms with Crippen LogP contribution in [0.25, 0.3) is 33.4 Å². The maximum absolute atomic E-state index is 14.1. The highest BCUT2D eigenvalue weighted by atomic mass is 79.9. The average molecular weight is 1470 g/mol. The summed E-state index contributed by atoms with van der Waals surface area (Å²) in [5, 5.41) is 47.1. The minimum absolute atomic E-state index is 0. The summed E-state index contributed by atoms with van der Waals surface area (Å²) in [6.45, 7) is 10.2. The predicted octanol–water partition coefficient (Wildman–Crippen LogP) is 16.8. The van der Waals surface area contributed by atoms with Gasteiger partial charge >= 0.3 is 24.2 Å². The summed E-state index contributed by atoms with van der Waals surface area (Å²) in [6, 6.07) is 24.0. The molecular formula is C64H60BBrCl3F5N16O8. The standard InChI is InChI=1S/C13H9ClFN5.C10H16BNO2.C10H7FN2O2.C10H9FN2.C9H6FN3O2.C6H3BrFNO2.C4H2Cl2N2.2CH4/c14-13-16-4-3-12(20-13)19-11-2-1-8(5-10(11)15)9-6-17-18-7-9;1-9(2)10(3,4)14-11(13-9)8-5-6-12-7-8;11-9-5-7(8-3-4-12-6-8)1-2-10(9)13(14)15;11-9-5-7(1-2-10(9)12)8-3-4-13-6-8;10-8-3-6(7-4-11-12-5-7)1-2-9(8)13(14)15;7-4-1-2-6(9(10)11)5(8)3-4;5-3-1-2-7-4(6)8-3;;/h1-7H,(H,17,18)(H,16,19,20);5,7H,6H2,1-4H3;1-3,5-6H,4H2;1-3,5-6H,4,12H2;1-5H,(H,11,12);1-3H;1-2H;2*1H4. The molecule has 0 amide bonds. The molecule has 13 rings (SSSR count). The summed E-state index contributed by atoms with van der Waals surface area (Å²) >= 11 is 19.4. The first kappa shape index (κ1) is 78.4. The zero-order chi connectivity index (χ0) is 69.7. The number of benzene rings is 5. The normalized spacial score (nSPS) is 13.7. The van der Waals surface area contributed by atoms with Gasteiger partial charge in [0.1, 0.15) is 22.6 Å².